The second-order valence-electron chi connectivity index (χ2n) is 7.57. The van der Waals surface area contributed by atoms with E-state index in [9.17, 15) is 4.79 Å². The summed E-state index contributed by atoms with van der Waals surface area (Å²) in [5.74, 6) is 0.784. The average molecular weight is 453 g/mol. The van der Waals surface area contributed by atoms with E-state index in [0.29, 0.717) is 21.6 Å². The lowest BCUT2D eigenvalue weighted by Crippen LogP contribution is -2.30. The number of carbonyl (C=O) groups excluding carboxylic acids is 1. The van der Waals surface area contributed by atoms with Crippen LogP contribution in [0.3, 0.4) is 0 Å². The summed E-state index contributed by atoms with van der Waals surface area (Å²) >= 11 is 7.42. The Bertz CT molecular complexity index is 1030. The molecule has 2 aliphatic rings. The van der Waals surface area contributed by atoms with Crippen LogP contribution in [0.5, 0.6) is 5.75 Å². The van der Waals surface area contributed by atoms with E-state index in [-0.39, 0.29) is 5.91 Å². The first kappa shape index (κ1) is 21.7. The minimum atomic E-state index is 0.00335. The maximum absolute atomic E-state index is 13.2. The van der Waals surface area contributed by atoms with Gasteiger partial charge < -0.3 is 4.74 Å². The summed E-state index contributed by atoms with van der Waals surface area (Å²) in [5, 5.41) is 1.39. The van der Waals surface area contributed by atoms with Crippen LogP contribution in [0, 0.1) is 0 Å². The Balaban J connectivity index is 1.60. The zero-order valence-corrected chi connectivity index (χ0v) is 19.1. The van der Waals surface area contributed by atoms with Gasteiger partial charge in [-0.1, -0.05) is 35.4 Å². The Morgan fingerprint density at radius 1 is 1.13 bits per heavy atom. The molecular weight excluding hydrogens is 428 g/mol. The number of aliphatic imine (C=N–C) groups is 1. The Morgan fingerprint density at radius 2 is 1.90 bits per heavy atom. The smallest absolute Gasteiger partial charge is 0.266 e. The molecule has 1 aliphatic carbocycles. The predicted molar refractivity (Wildman–Crippen MR) is 130 cm³/mol. The Labute approximate surface area is 192 Å². The number of methoxy groups -OCH3 is 1. The number of nitrogens with zero attached hydrogens (tertiary/aromatic N) is 2. The van der Waals surface area contributed by atoms with E-state index in [1.54, 1.807) is 7.11 Å². The Hall–Kier alpha value is -2.50. The molecule has 1 amide bonds. The third-order valence-electron chi connectivity index (χ3n) is 5.39. The van der Waals surface area contributed by atoms with Crippen LogP contribution in [0.4, 0.5) is 5.69 Å². The third-order valence-corrected chi connectivity index (χ3v) is 6.65. The normalized spacial score (nSPS) is 19.2. The number of ether oxygens (including phenoxy) is 1. The lowest BCUT2D eigenvalue weighted by atomic mass is 9.97. The number of hydrogen-bond donors (Lipinski definition) is 0. The van der Waals surface area contributed by atoms with E-state index in [1.165, 1.54) is 30.2 Å². The molecule has 1 saturated heterocycles. The van der Waals surface area contributed by atoms with Crippen LogP contribution in [0.1, 0.15) is 37.7 Å². The van der Waals surface area contributed by atoms with Crippen molar-refractivity contribution in [1.29, 1.82) is 0 Å². The number of amidine groups is 1. The zero-order valence-electron chi connectivity index (χ0n) is 17.5. The molecule has 0 saturated carbocycles. The topological polar surface area (TPSA) is 41.9 Å². The molecule has 0 N–H and O–H groups in total. The van der Waals surface area contributed by atoms with Gasteiger partial charge in [0.1, 0.15) is 5.75 Å². The molecule has 0 aromatic heterocycles. The Kier molecular flexibility index (Phi) is 7.15. The van der Waals surface area contributed by atoms with Gasteiger partial charge >= 0.3 is 0 Å². The molecule has 2 aromatic carbocycles. The summed E-state index contributed by atoms with van der Waals surface area (Å²) in [6.45, 7) is 0.643. The maximum atomic E-state index is 13.2. The van der Waals surface area contributed by atoms with Gasteiger partial charge in [0.05, 0.1) is 17.7 Å². The quantitative estimate of drug-likeness (QED) is 0.355. The summed E-state index contributed by atoms with van der Waals surface area (Å²) in [7, 11) is 1.64. The van der Waals surface area contributed by atoms with Crippen molar-refractivity contribution in [3.63, 3.8) is 0 Å². The van der Waals surface area contributed by atoms with E-state index in [2.05, 4.69) is 6.08 Å². The number of benzene rings is 2. The van der Waals surface area contributed by atoms with Gasteiger partial charge in [-0.3, -0.25) is 9.69 Å². The highest BCUT2D eigenvalue weighted by molar-refractivity contribution is 8.18. The molecular formula is C25H25ClN2O2S. The fraction of sp³-hybridized carbons (Fsp3) is 0.280. The third kappa shape index (κ3) is 5.60. The molecule has 6 heteroatoms. The fourth-order valence-corrected chi connectivity index (χ4v) is 4.80. The molecule has 2 aromatic rings. The molecule has 1 aliphatic heterocycles. The van der Waals surface area contributed by atoms with Gasteiger partial charge in [0.25, 0.3) is 5.91 Å². The van der Waals surface area contributed by atoms with Crippen LogP contribution in [0.15, 0.2) is 70.1 Å². The number of allylic oxidation sites excluding steroid dienone is 1. The SMILES string of the molecule is COc1ccc(N=C2SC(=Cc3ccc(Cl)cc3)C(=O)N2CCC2=CCCCC2)cc1. The maximum Gasteiger partial charge on any atom is 0.266 e. The first-order valence-corrected chi connectivity index (χ1v) is 11.7. The van der Waals surface area contributed by atoms with E-state index < -0.39 is 0 Å². The second kappa shape index (κ2) is 10.2. The number of halogens is 1. The van der Waals surface area contributed by atoms with Gasteiger partial charge in [-0.25, -0.2) is 4.99 Å². The van der Waals surface area contributed by atoms with Gasteiger partial charge in [0, 0.05) is 11.6 Å². The van der Waals surface area contributed by atoms with Crippen molar-refractivity contribution in [2.75, 3.05) is 13.7 Å². The van der Waals surface area contributed by atoms with Crippen molar-refractivity contribution in [3.05, 3.63) is 75.7 Å². The zero-order chi connectivity index (χ0) is 21.6. The largest absolute Gasteiger partial charge is 0.497 e. The summed E-state index contributed by atoms with van der Waals surface area (Å²) in [6.07, 6.45) is 9.92. The molecule has 0 spiro atoms. The minimum Gasteiger partial charge on any atom is -0.497 e. The number of rotatable bonds is 6. The van der Waals surface area contributed by atoms with Crippen LogP contribution in [0.2, 0.25) is 5.02 Å². The molecule has 1 heterocycles. The van der Waals surface area contributed by atoms with Crippen molar-refractivity contribution in [1.82, 2.24) is 4.90 Å². The molecule has 4 rings (SSSR count). The molecule has 0 unspecified atom stereocenters. The number of carbonyl (C=O) groups is 1. The van der Waals surface area contributed by atoms with Gasteiger partial charge in [-0.15, -0.1) is 0 Å². The first-order valence-electron chi connectivity index (χ1n) is 10.5. The predicted octanol–water partition coefficient (Wildman–Crippen LogP) is 6.84. The molecule has 4 nitrogen and oxygen atoms in total. The van der Waals surface area contributed by atoms with Gasteiger partial charge in [0.15, 0.2) is 5.17 Å². The number of hydrogen-bond acceptors (Lipinski definition) is 4. The Morgan fingerprint density at radius 3 is 2.58 bits per heavy atom. The van der Waals surface area contributed by atoms with E-state index in [1.807, 2.05) is 59.5 Å². The van der Waals surface area contributed by atoms with Gasteiger partial charge in [-0.2, -0.15) is 0 Å². The summed E-state index contributed by atoms with van der Waals surface area (Å²) < 4.78 is 5.23. The fourth-order valence-electron chi connectivity index (χ4n) is 3.65. The lowest BCUT2D eigenvalue weighted by Gasteiger charge is -2.18. The highest BCUT2D eigenvalue weighted by atomic mass is 35.5. The molecule has 160 valence electrons. The lowest BCUT2D eigenvalue weighted by molar-refractivity contribution is -0.122. The first-order chi connectivity index (χ1) is 15.1. The average Bonchev–Trinajstić information content (AvgIpc) is 3.09. The highest BCUT2D eigenvalue weighted by Gasteiger charge is 2.33. The minimum absolute atomic E-state index is 0.00335. The highest BCUT2D eigenvalue weighted by Crippen LogP contribution is 2.35. The molecule has 0 radical (unpaired) electrons. The molecule has 0 bridgehead atoms. The molecule has 1 fully saturated rings. The number of amides is 1. The second-order valence-corrected chi connectivity index (χ2v) is 9.02. The molecule has 0 atom stereocenters. The standard InChI is InChI=1S/C25H25ClN2O2S/c1-30-22-13-11-21(12-14-22)27-25-28(16-15-18-5-3-2-4-6-18)24(29)23(31-25)17-19-7-9-20(26)10-8-19/h5,7-14,17H,2-4,6,15-16H2,1H3. The van der Waals surface area contributed by atoms with Crippen LogP contribution in [0.25, 0.3) is 6.08 Å². The van der Waals surface area contributed by atoms with Crippen molar-refractivity contribution < 1.29 is 9.53 Å². The van der Waals surface area contributed by atoms with Crippen molar-refractivity contribution in [2.45, 2.75) is 32.1 Å². The van der Waals surface area contributed by atoms with E-state index >= 15 is 0 Å². The van der Waals surface area contributed by atoms with Crippen LogP contribution in [-0.2, 0) is 4.79 Å². The summed E-state index contributed by atoms with van der Waals surface area (Å²) in [6, 6.07) is 15.1. The molecule has 31 heavy (non-hydrogen) atoms. The van der Waals surface area contributed by atoms with Crippen LogP contribution < -0.4 is 4.74 Å². The number of thioether (sulfide) groups is 1. The van der Waals surface area contributed by atoms with Crippen molar-refractivity contribution in [3.8, 4) is 5.75 Å². The van der Waals surface area contributed by atoms with Crippen molar-refractivity contribution in [2.24, 2.45) is 4.99 Å². The monoisotopic (exact) mass is 452 g/mol. The van der Waals surface area contributed by atoms with Crippen molar-refractivity contribution >= 4 is 46.2 Å². The van der Waals surface area contributed by atoms with Crippen LogP contribution >= 0.6 is 23.4 Å². The summed E-state index contributed by atoms with van der Waals surface area (Å²) in [5.41, 5.74) is 3.19. The van der Waals surface area contributed by atoms with E-state index in [4.69, 9.17) is 21.3 Å². The van der Waals surface area contributed by atoms with E-state index in [0.717, 1.165) is 36.3 Å². The van der Waals surface area contributed by atoms with Gasteiger partial charge in [-0.05, 0) is 91.9 Å². The summed E-state index contributed by atoms with van der Waals surface area (Å²) in [4.78, 5) is 20.5. The van der Waals surface area contributed by atoms with Crippen LogP contribution in [-0.4, -0.2) is 29.6 Å². The van der Waals surface area contributed by atoms with Gasteiger partial charge in [0.2, 0.25) is 0 Å².